The second-order valence-corrected chi connectivity index (χ2v) is 10.6. The van der Waals surface area contributed by atoms with Crippen molar-refractivity contribution in [3.63, 3.8) is 0 Å². The summed E-state index contributed by atoms with van der Waals surface area (Å²) in [5, 5.41) is 0. The molecule has 0 heterocycles. The van der Waals surface area contributed by atoms with Crippen LogP contribution in [0.15, 0.2) is 47.5 Å². The zero-order valence-corrected chi connectivity index (χ0v) is 32.1. The van der Waals surface area contributed by atoms with E-state index in [0.29, 0.717) is 0 Å². The summed E-state index contributed by atoms with van der Waals surface area (Å²) >= 11 is 0. The van der Waals surface area contributed by atoms with Crippen LogP contribution in [0.5, 0.6) is 0 Å². The molecule has 0 nitrogen and oxygen atoms in total. The Kier molecular flexibility index (Phi) is 37.8. The van der Waals surface area contributed by atoms with E-state index >= 15 is 0 Å². The number of hydrogen-bond acceptors (Lipinski definition) is 0. The van der Waals surface area contributed by atoms with Crippen molar-refractivity contribution in [1.29, 1.82) is 0 Å². The van der Waals surface area contributed by atoms with Crippen LogP contribution in [0, 0.1) is 19.8 Å². The van der Waals surface area contributed by atoms with Gasteiger partial charge in [-0.1, -0.05) is 150 Å². The number of aryl methyl sites for hydroxylation is 3. The van der Waals surface area contributed by atoms with Crippen molar-refractivity contribution < 1.29 is 0 Å². The first-order valence-corrected chi connectivity index (χ1v) is 18.0. The van der Waals surface area contributed by atoms with Crippen LogP contribution in [0.1, 0.15) is 176 Å². The van der Waals surface area contributed by atoms with Crippen LogP contribution >= 0.6 is 0 Å². The highest BCUT2D eigenvalue weighted by Gasteiger charge is 2.07. The van der Waals surface area contributed by atoms with Gasteiger partial charge in [-0.2, -0.15) is 0 Å². The van der Waals surface area contributed by atoms with E-state index in [1.54, 1.807) is 22.3 Å². The topological polar surface area (TPSA) is 0 Å². The van der Waals surface area contributed by atoms with Crippen molar-refractivity contribution in [3.8, 4) is 0 Å². The Labute approximate surface area is 268 Å². The van der Waals surface area contributed by atoms with Crippen LogP contribution in [-0.2, 0) is 25.7 Å². The number of allylic oxidation sites excluding steroid dienone is 2. The van der Waals surface area contributed by atoms with Crippen LogP contribution in [-0.4, -0.2) is 0 Å². The largest absolute Gasteiger partial charge is 0.0772 e. The zero-order chi connectivity index (χ0) is 33.5. The highest BCUT2D eigenvalue weighted by atomic mass is 14.1. The lowest BCUT2D eigenvalue weighted by Crippen LogP contribution is -1.99. The summed E-state index contributed by atoms with van der Waals surface area (Å²) in [6.07, 6.45) is 13.1. The van der Waals surface area contributed by atoms with Crippen molar-refractivity contribution in [2.45, 2.75) is 182 Å². The van der Waals surface area contributed by atoms with Gasteiger partial charge in [-0.15, -0.1) is 0 Å². The Morgan fingerprint density at radius 1 is 0.643 bits per heavy atom. The van der Waals surface area contributed by atoms with Crippen LogP contribution in [0.2, 0.25) is 0 Å². The van der Waals surface area contributed by atoms with Crippen LogP contribution in [0.4, 0.5) is 0 Å². The molecule has 3 rings (SSSR count). The first-order chi connectivity index (χ1) is 20.2. The molecule has 0 spiro atoms. The lowest BCUT2D eigenvalue weighted by atomic mass is 9.92. The molecule has 0 amide bonds. The molecule has 0 saturated heterocycles. The third-order valence-electron chi connectivity index (χ3n) is 7.12. The highest BCUT2D eigenvalue weighted by molar-refractivity contribution is 5.40. The minimum absolute atomic E-state index is 0.760. The third-order valence-corrected chi connectivity index (χ3v) is 7.12. The Bertz CT molecular complexity index is 854. The van der Waals surface area contributed by atoms with Gasteiger partial charge in [-0.3, -0.25) is 0 Å². The van der Waals surface area contributed by atoms with E-state index in [1.807, 2.05) is 55.4 Å². The van der Waals surface area contributed by atoms with Crippen molar-refractivity contribution in [2.24, 2.45) is 5.92 Å². The molecule has 0 heteroatoms. The lowest BCUT2D eigenvalue weighted by Gasteiger charge is -2.14. The molecular formula is C42H78. The number of rotatable bonds is 6. The van der Waals surface area contributed by atoms with Gasteiger partial charge >= 0.3 is 0 Å². The fraction of sp³-hybridized carbons (Fsp3) is 0.667. The van der Waals surface area contributed by atoms with Gasteiger partial charge in [0.25, 0.3) is 0 Å². The van der Waals surface area contributed by atoms with Crippen molar-refractivity contribution in [1.82, 2.24) is 0 Å². The van der Waals surface area contributed by atoms with Crippen LogP contribution < -0.4 is 0 Å². The standard InChI is InChI=1S/C14H22.C11H16.C9H16.4C2H6/c1-5-8-13-10-9-12(6-2)11(4)14(13)7-3;1-9(2)8-11-7-5-4-6-10(11)3;1-8(2)9-6-4-3-5-7-9;4*1-2/h9-10H,5-8H2,1-4H3;4-7,9H,8H2,1-3H3;3-7H2,1-2H3;4*1-2H3. The molecule has 0 radical (unpaired) electrons. The zero-order valence-electron chi connectivity index (χ0n) is 32.1. The Balaban J connectivity index is -0.000000233. The third kappa shape index (κ3) is 21.8. The van der Waals surface area contributed by atoms with Gasteiger partial charge in [-0.05, 0) is 118 Å². The molecule has 0 bridgehead atoms. The van der Waals surface area contributed by atoms with E-state index in [1.165, 1.54) is 80.0 Å². The molecule has 0 unspecified atom stereocenters. The minimum Gasteiger partial charge on any atom is -0.0772 e. The van der Waals surface area contributed by atoms with E-state index in [9.17, 15) is 0 Å². The van der Waals surface area contributed by atoms with E-state index in [0.717, 1.165) is 12.3 Å². The van der Waals surface area contributed by atoms with Crippen LogP contribution in [0.25, 0.3) is 0 Å². The summed E-state index contributed by atoms with van der Waals surface area (Å²) in [7, 11) is 0. The van der Waals surface area contributed by atoms with Crippen LogP contribution in [0.3, 0.4) is 0 Å². The Hall–Kier alpha value is -1.82. The Morgan fingerprint density at radius 2 is 1.14 bits per heavy atom. The molecule has 1 saturated carbocycles. The molecule has 1 aliphatic rings. The average Bonchev–Trinajstić information content (AvgIpc) is 3.03. The first-order valence-electron chi connectivity index (χ1n) is 18.0. The van der Waals surface area contributed by atoms with Gasteiger partial charge in [-0.25, -0.2) is 0 Å². The molecule has 246 valence electrons. The van der Waals surface area contributed by atoms with Gasteiger partial charge in [0.15, 0.2) is 0 Å². The summed E-state index contributed by atoms with van der Waals surface area (Å²) < 4.78 is 0. The van der Waals surface area contributed by atoms with Crippen molar-refractivity contribution in [2.75, 3.05) is 0 Å². The smallest absolute Gasteiger partial charge is 0.0253 e. The average molecular weight is 583 g/mol. The van der Waals surface area contributed by atoms with Crippen molar-refractivity contribution in [3.05, 3.63) is 80.9 Å². The van der Waals surface area contributed by atoms with Gasteiger partial charge in [0.05, 0.1) is 0 Å². The molecular weight excluding hydrogens is 504 g/mol. The maximum Gasteiger partial charge on any atom is -0.0253 e. The van der Waals surface area contributed by atoms with E-state index in [4.69, 9.17) is 0 Å². The predicted octanol–water partition coefficient (Wildman–Crippen LogP) is 14.7. The summed E-state index contributed by atoms with van der Waals surface area (Å²) in [6.45, 7) is 36.2. The first kappa shape index (κ1) is 47.1. The van der Waals surface area contributed by atoms with Crippen molar-refractivity contribution >= 4 is 0 Å². The highest BCUT2D eigenvalue weighted by Crippen LogP contribution is 2.25. The SMILES string of the molecule is CC.CC.CC.CC.CC(C)=C1CCCCC1.CCCc1ccc(CC)c(C)c1CC.Cc1ccccc1CC(C)C. The van der Waals surface area contributed by atoms with Gasteiger partial charge in [0, 0.05) is 0 Å². The van der Waals surface area contributed by atoms with Gasteiger partial charge in [0.1, 0.15) is 0 Å². The molecule has 2 aromatic rings. The van der Waals surface area contributed by atoms with Gasteiger partial charge < -0.3 is 0 Å². The predicted molar refractivity (Wildman–Crippen MR) is 201 cm³/mol. The normalized spacial score (nSPS) is 11.1. The summed E-state index contributed by atoms with van der Waals surface area (Å²) in [5.74, 6) is 0.760. The molecule has 1 fully saturated rings. The Morgan fingerprint density at radius 3 is 1.52 bits per heavy atom. The summed E-state index contributed by atoms with van der Waals surface area (Å²) in [4.78, 5) is 0. The van der Waals surface area contributed by atoms with E-state index in [-0.39, 0.29) is 0 Å². The molecule has 2 aromatic carbocycles. The maximum absolute atomic E-state index is 2.33. The summed E-state index contributed by atoms with van der Waals surface area (Å²) in [5.41, 5.74) is 12.4. The number of benzene rings is 2. The fourth-order valence-corrected chi connectivity index (χ4v) is 5.00. The lowest BCUT2D eigenvalue weighted by molar-refractivity contribution is 0.593. The molecule has 42 heavy (non-hydrogen) atoms. The second kappa shape index (κ2) is 33.7. The molecule has 0 N–H and O–H groups in total. The molecule has 0 atom stereocenters. The van der Waals surface area contributed by atoms with Gasteiger partial charge in [0.2, 0.25) is 0 Å². The molecule has 0 aromatic heterocycles. The van der Waals surface area contributed by atoms with E-state index < -0.39 is 0 Å². The molecule has 1 aliphatic carbocycles. The fourth-order valence-electron chi connectivity index (χ4n) is 5.00. The molecule has 0 aliphatic heterocycles. The number of hydrogen-bond donors (Lipinski definition) is 0. The maximum atomic E-state index is 2.33. The quantitative estimate of drug-likeness (QED) is 0.297. The minimum atomic E-state index is 0.760. The summed E-state index contributed by atoms with van der Waals surface area (Å²) in [6, 6.07) is 13.2. The second-order valence-electron chi connectivity index (χ2n) is 10.6. The monoisotopic (exact) mass is 583 g/mol. The van der Waals surface area contributed by atoms with E-state index in [2.05, 4.69) is 98.7 Å².